The van der Waals surface area contributed by atoms with E-state index in [1.165, 1.54) is 0 Å². The summed E-state index contributed by atoms with van der Waals surface area (Å²) in [5.41, 5.74) is -0.385. The highest BCUT2D eigenvalue weighted by atomic mass is 16.7. The Hall–Kier alpha value is -0.560. The second kappa shape index (κ2) is 4.75. The van der Waals surface area contributed by atoms with E-state index >= 15 is 0 Å². The van der Waals surface area contributed by atoms with Crippen LogP contribution in [0.5, 0.6) is 0 Å². The average molecular weight is 226 g/mol. The van der Waals surface area contributed by atoms with Crippen LogP contribution in [0.4, 0.5) is 0 Å². The van der Waals surface area contributed by atoms with E-state index in [4.69, 9.17) is 9.47 Å². The number of ether oxygens (including phenoxy) is 2. The summed E-state index contributed by atoms with van der Waals surface area (Å²) in [6.07, 6.45) is 0.0855. The van der Waals surface area contributed by atoms with Gasteiger partial charge in [-0.15, -0.1) is 5.92 Å². The lowest BCUT2D eigenvalue weighted by Gasteiger charge is -2.44. The summed E-state index contributed by atoms with van der Waals surface area (Å²) in [7, 11) is 0. The summed E-state index contributed by atoms with van der Waals surface area (Å²) in [6.45, 7) is 10.1. The van der Waals surface area contributed by atoms with Crippen LogP contribution in [0.2, 0.25) is 0 Å². The first kappa shape index (κ1) is 13.5. The molecule has 1 aliphatic rings. The Morgan fingerprint density at radius 2 is 2.06 bits per heavy atom. The van der Waals surface area contributed by atoms with Crippen molar-refractivity contribution in [2.45, 2.75) is 59.0 Å². The summed E-state index contributed by atoms with van der Waals surface area (Å²) < 4.78 is 11.3. The topological polar surface area (TPSA) is 38.7 Å². The van der Waals surface area contributed by atoms with Crippen LogP contribution in [-0.2, 0) is 9.47 Å². The molecule has 0 amide bonds. The first-order valence-electron chi connectivity index (χ1n) is 5.72. The highest BCUT2D eigenvalue weighted by Gasteiger charge is 2.42. The summed E-state index contributed by atoms with van der Waals surface area (Å²) in [5.74, 6) is 4.97. The second-order valence-electron chi connectivity index (χ2n) is 5.26. The third-order valence-corrected chi connectivity index (χ3v) is 3.07. The first-order chi connectivity index (χ1) is 7.29. The molecule has 92 valence electrons. The van der Waals surface area contributed by atoms with Crippen molar-refractivity contribution in [1.29, 1.82) is 0 Å². The third kappa shape index (κ3) is 2.98. The maximum absolute atomic E-state index is 10.0. The molecule has 0 unspecified atom stereocenters. The fourth-order valence-electron chi connectivity index (χ4n) is 1.87. The Morgan fingerprint density at radius 1 is 1.44 bits per heavy atom. The Morgan fingerprint density at radius 3 is 2.56 bits per heavy atom. The quantitative estimate of drug-likeness (QED) is 0.731. The zero-order valence-corrected chi connectivity index (χ0v) is 10.8. The number of hydrogen-bond acceptors (Lipinski definition) is 3. The van der Waals surface area contributed by atoms with Crippen molar-refractivity contribution < 1.29 is 14.6 Å². The molecule has 1 N–H and O–H groups in total. The maximum atomic E-state index is 10.0. The van der Waals surface area contributed by atoms with Gasteiger partial charge in [0, 0.05) is 5.41 Å². The van der Waals surface area contributed by atoms with Gasteiger partial charge in [0.2, 0.25) is 0 Å². The molecule has 0 aromatic rings. The summed E-state index contributed by atoms with van der Waals surface area (Å²) in [4.78, 5) is 0. The molecule has 1 heterocycles. The lowest BCUT2D eigenvalue weighted by atomic mass is 9.79. The summed E-state index contributed by atoms with van der Waals surface area (Å²) in [6, 6.07) is 0. The minimum atomic E-state index is -0.670. The molecule has 1 aliphatic heterocycles. The number of aliphatic hydroxyl groups is 1. The van der Waals surface area contributed by atoms with Gasteiger partial charge >= 0.3 is 0 Å². The zero-order valence-electron chi connectivity index (χ0n) is 10.8. The lowest BCUT2D eigenvalue weighted by molar-refractivity contribution is -0.296. The zero-order chi connectivity index (χ0) is 12.4. The Balaban J connectivity index is 2.77. The van der Waals surface area contributed by atoms with Crippen molar-refractivity contribution in [3.05, 3.63) is 0 Å². The van der Waals surface area contributed by atoms with Gasteiger partial charge < -0.3 is 14.6 Å². The smallest absolute Gasteiger partial charge is 0.163 e. The summed E-state index contributed by atoms with van der Waals surface area (Å²) >= 11 is 0. The molecule has 0 aromatic heterocycles. The Labute approximate surface area is 98.1 Å². The minimum absolute atomic E-state index is 0.0351. The third-order valence-electron chi connectivity index (χ3n) is 3.07. The normalized spacial score (nSPS) is 26.8. The molecule has 0 bridgehead atoms. The molecule has 1 fully saturated rings. The minimum Gasteiger partial charge on any atom is -0.380 e. The van der Waals surface area contributed by atoms with Crippen LogP contribution in [0.15, 0.2) is 0 Å². The molecule has 3 nitrogen and oxygen atoms in total. The Kier molecular flexibility index (Phi) is 4.01. The van der Waals surface area contributed by atoms with Gasteiger partial charge in [-0.05, 0) is 27.2 Å². The van der Waals surface area contributed by atoms with Gasteiger partial charge in [-0.25, -0.2) is 0 Å². The molecule has 0 radical (unpaired) electrons. The van der Waals surface area contributed by atoms with E-state index in [2.05, 4.69) is 11.8 Å². The van der Waals surface area contributed by atoms with Gasteiger partial charge in [-0.1, -0.05) is 19.8 Å². The van der Waals surface area contributed by atoms with E-state index < -0.39 is 11.9 Å². The van der Waals surface area contributed by atoms with E-state index in [0.29, 0.717) is 6.61 Å². The van der Waals surface area contributed by atoms with E-state index in [1.54, 1.807) is 6.92 Å². The molecule has 2 atom stereocenters. The van der Waals surface area contributed by atoms with Gasteiger partial charge in [-0.3, -0.25) is 0 Å². The van der Waals surface area contributed by atoms with E-state index in [-0.39, 0.29) is 11.5 Å². The van der Waals surface area contributed by atoms with Gasteiger partial charge in [0.15, 0.2) is 5.79 Å². The van der Waals surface area contributed by atoms with Crippen molar-refractivity contribution in [2.24, 2.45) is 5.41 Å². The van der Waals surface area contributed by atoms with Crippen LogP contribution in [0.25, 0.3) is 0 Å². The Bertz CT molecular complexity index is 296. The van der Waals surface area contributed by atoms with Crippen molar-refractivity contribution in [1.82, 2.24) is 0 Å². The van der Waals surface area contributed by atoms with Crippen LogP contribution >= 0.6 is 0 Å². The molecular weight excluding hydrogens is 204 g/mol. The second-order valence-corrected chi connectivity index (χ2v) is 5.26. The fourth-order valence-corrected chi connectivity index (χ4v) is 1.87. The molecule has 1 saturated heterocycles. The maximum Gasteiger partial charge on any atom is 0.163 e. The molecule has 0 aliphatic carbocycles. The van der Waals surface area contributed by atoms with Gasteiger partial charge in [-0.2, -0.15) is 0 Å². The molecule has 0 aromatic carbocycles. The van der Waals surface area contributed by atoms with Crippen LogP contribution < -0.4 is 0 Å². The molecular formula is C13H22O3. The molecule has 0 saturated carbocycles. The molecule has 0 spiro atoms. The average Bonchev–Trinajstić information content (AvgIpc) is 2.16. The van der Waals surface area contributed by atoms with Crippen molar-refractivity contribution >= 4 is 0 Å². The predicted molar refractivity (Wildman–Crippen MR) is 62.8 cm³/mol. The van der Waals surface area contributed by atoms with Crippen LogP contribution in [0, 0.1) is 17.3 Å². The van der Waals surface area contributed by atoms with Crippen molar-refractivity contribution in [2.75, 3.05) is 6.61 Å². The van der Waals surface area contributed by atoms with E-state index in [0.717, 1.165) is 6.42 Å². The molecule has 16 heavy (non-hydrogen) atoms. The fraction of sp³-hybridized carbons (Fsp3) is 0.846. The SMILES string of the molecule is CC#C[C@@H](O)C(C)(C)[C@@H]1CCOC(C)(C)O1. The van der Waals surface area contributed by atoms with Crippen LogP contribution in [0.3, 0.4) is 0 Å². The lowest BCUT2D eigenvalue weighted by Crippen LogP contribution is -2.50. The number of rotatable bonds is 2. The van der Waals surface area contributed by atoms with E-state index in [9.17, 15) is 5.11 Å². The van der Waals surface area contributed by atoms with E-state index in [1.807, 2.05) is 27.7 Å². The molecule has 1 rings (SSSR count). The summed E-state index contributed by atoms with van der Waals surface area (Å²) in [5, 5.41) is 10.0. The van der Waals surface area contributed by atoms with Crippen LogP contribution in [-0.4, -0.2) is 29.7 Å². The standard InChI is InChI=1S/C13H22O3/c1-6-7-10(14)12(2,3)11-8-9-15-13(4,5)16-11/h10-11,14H,8-9H2,1-5H3/t10-,11+/m1/s1. The van der Waals surface area contributed by atoms with Gasteiger partial charge in [0.05, 0.1) is 12.7 Å². The number of aliphatic hydroxyl groups excluding tert-OH is 1. The predicted octanol–water partition coefficient (Wildman–Crippen LogP) is 1.94. The monoisotopic (exact) mass is 226 g/mol. The van der Waals surface area contributed by atoms with Crippen LogP contribution in [0.1, 0.15) is 41.0 Å². The van der Waals surface area contributed by atoms with Gasteiger partial charge in [0.1, 0.15) is 6.10 Å². The molecule has 3 heteroatoms. The highest BCUT2D eigenvalue weighted by molar-refractivity contribution is 5.08. The van der Waals surface area contributed by atoms with Crippen molar-refractivity contribution in [3.8, 4) is 11.8 Å². The largest absolute Gasteiger partial charge is 0.380 e. The highest BCUT2D eigenvalue weighted by Crippen LogP contribution is 2.35. The van der Waals surface area contributed by atoms with Gasteiger partial charge in [0.25, 0.3) is 0 Å². The number of hydrogen-bond donors (Lipinski definition) is 1. The van der Waals surface area contributed by atoms with Crippen molar-refractivity contribution in [3.63, 3.8) is 0 Å². The first-order valence-corrected chi connectivity index (χ1v) is 5.72.